The average molecular weight is 275 g/mol. The monoisotopic (exact) mass is 275 g/mol. The number of carbonyl (C=O) groups is 1. The standard InChI is InChI=1S/C13H17N5O2/c1-8-12(16-17-18(8)2)15-13(19)14-10-4-3-5-11-9(10)6-7-20-11/h6-7,10H,3-5H2,1-2H3,(H2,14,15,19). The fourth-order valence-electron chi connectivity index (χ4n) is 2.46. The number of rotatable bonds is 2. The van der Waals surface area contributed by atoms with Gasteiger partial charge in [0.2, 0.25) is 0 Å². The van der Waals surface area contributed by atoms with Gasteiger partial charge in [-0.1, -0.05) is 5.21 Å². The van der Waals surface area contributed by atoms with Crippen LogP contribution in [0.3, 0.4) is 0 Å². The number of urea groups is 1. The van der Waals surface area contributed by atoms with Crippen LogP contribution in [0.1, 0.15) is 35.9 Å². The summed E-state index contributed by atoms with van der Waals surface area (Å²) in [7, 11) is 1.78. The van der Waals surface area contributed by atoms with Crippen LogP contribution in [0.2, 0.25) is 0 Å². The molecule has 0 fully saturated rings. The number of fused-ring (bicyclic) bond motifs is 1. The molecule has 2 N–H and O–H groups in total. The first-order chi connectivity index (χ1) is 9.65. The fourth-order valence-corrected chi connectivity index (χ4v) is 2.46. The van der Waals surface area contributed by atoms with Gasteiger partial charge in [0.15, 0.2) is 5.82 Å². The number of carbonyl (C=O) groups excluding carboxylic acids is 1. The molecule has 2 amide bonds. The Kier molecular flexibility index (Phi) is 3.17. The molecule has 3 rings (SSSR count). The highest BCUT2D eigenvalue weighted by molar-refractivity contribution is 5.89. The van der Waals surface area contributed by atoms with Gasteiger partial charge < -0.3 is 9.73 Å². The lowest BCUT2D eigenvalue weighted by molar-refractivity contribution is 0.246. The molecule has 0 saturated carbocycles. The smallest absolute Gasteiger partial charge is 0.320 e. The second kappa shape index (κ2) is 4.99. The Hall–Kier alpha value is -2.31. The summed E-state index contributed by atoms with van der Waals surface area (Å²) in [6.07, 6.45) is 4.54. The first kappa shape index (κ1) is 12.7. The van der Waals surface area contributed by atoms with Gasteiger partial charge in [-0.15, -0.1) is 5.10 Å². The minimum absolute atomic E-state index is 0.00511. The summed E-state index contributed by atoms with van der Waals surface area (Å²) in [6, 6.07) is 1.65. The van der Waals surface area contributed by atoms with Crippen molar-refractivity contribution in [3.8, 4) is 0 Å². The van der Waals surface area contributed by atoms with Gasteiger partial charge in [0.1, 0.15) is 5.76 Å². The van der Waals surface area contributed by atoms with Crippen LogP contribution in [0.25, 0.3) is 0 Å². The van der Waals surface area contributed by atoms with Gasteiger partial charge in [-0.25, -0.2) is 4.79 Å². The summed E-state index contributed by atoms with van der Waals surface area (Å²) in [6.45, 7) is 1.85. The summed E-state index contributed by atoms with van der Waals surface area (Å²) < 4.78 is 7.03. The van der Waals surface area contributed by atoms with Gasteiger partial charge in [-0.3, -0.25) is 10.00 Å². The van der Waals surface area contributed by atoms with E-state index in [0.29, 0.717) is 5.82 Å². The zero-order chi connectivity index (χ0) is 14.1. The van der Waals surface area contributed by atoms with Crippen molar-refractivity contribution in [2.24, 2.45) is 7.05 Å². The van der Waals surface area contributed by atoms with E-state index < -0.39 is 0 Å². The van der Waals surface area contributed by atoms with Crippen molar-refractivity contribution in [2.75, 3.05) is 5.32 Å². The zero-order valence-corrected chi connectivity index (χ0v) is 11.5. The van der Waals surface area contributed by atoms with Gasteiger partial charge in [-0.2, -0.15) is 0 Å². The van der Waals surface area contributed by atoms with E-state index in [1.54, 1.807) is 18.0 Å². The molecule has 0 radical (unpaired) electrons. The maximum absolute atomic E-state index is 12.0. The average Bonchev–Trinajstić information content (AvgIpc) is 3.01. The third-order valence-electron chi connectivity index (χ3n) is 3.70. The lowest BCUT2D eigenvalue weighted by Gasteiger charge is -2.22. The number of anilines is 1. The van der Waals surface area contributed by atoms with Crippen LogP contribution in [0, 0.1) is 6.92 Å². The van der Waals surface area contributed by atoms with E-state index >= 15 is 0 Å². The highest BCUT2D eigenvalue weighted by atomic mass is 16.3. The van der Waals surface area contributed by atoms with Crippen molar-refractivity contribution in [3.63, 3.8) is 0 Å². The maximum Gasteiger partial charge on any atom is 0.320 e. The first-order valence-electron chi connectivity index (χ1n) is 6.65. The normalized spacial score (nSPS) is 17.6. The summed E-state index contributed by atoms with van der Waals surface area (Å²) in [5.41, 5.74) is 1.88. The molecule has 106 valence electrons. The van der Waals surface area contributed by atoms with Gasteiger partial charge in [0, 0.05) is 19.0 Å². The van der Waals surface area contributed by atoms with Crippen molar-refractivity contribution in [3.05, 3.63) is 29.3 Å². The van der Waals surface area contributed by atoms with Crippen LogP contribution in [-0.4, -0.2) is 21.0 Å². The van der Waals surface area contributed by atoms with Crippen LogP contribution in [-0.2, 0) is 13.5 Å². The van der Waals surface area contributed by atoms with Crippen LogP contribution >= 0.6 is 0 Å². The van der Waals surface area contributed by atoms with Crippen molar-refractivity contribution in [1.82, 2.24) is 20.3 Å². The predicted molar refractivity (Wildman–Crippen MR) is 72.3 cm³/mol. The molecule has 1 unspecified atom stereocenters. The van der Waals surface area contributed by atoms with Gasteiger partial charge in [0.25, 0.3) is 0 Å². The zero-order valence-electron chi connectivity index (χ0n) is 11.5. The first-order valence-corrected chi connectivity index (χ1v) is 6.65. The second-order valence-corrected chi connectivity index (χ2v) is 4.99. The number of aromatic nitrogens is 3. The number of hydrogen-bond donors (Lipinski definition) is 2. The van der Waals surface area contributed by atoms with E-state index in [1.165, 1.54) is 0 Å². The van der Waals surface area contributed by atoms with Crippen molar-refractivity contribution in [1.29, 1.82) is 0 Å². The molecule has 0 spiro atoms. The summed E-state index contributed by atoms with van der Waals surface area (Å²) in [5, 5.41) is 13.4. The molecule has 0 saturated heterocycles. The molecule has 0 bridgehead atoms. The summed E-state index contributed by atoms with van der Waals surface area (Å²) >= 11 is 0. The van der Waals surface area contributed by atoms with Gasteiger partial charge in [-0.05, 0) is 25.8 Å². The molecule has 2 aromatic heterocycles. The lowest BCUT2D eigenvalue weighted by atomic mass is 9.93. The minimum Gasteiger partial charge on any atom is -0.469 e. The molecule has 7 nitrogen and oxygen atoms in total. The Morgan fingerprint density at radius 1 is 1.55 bits per heavy atom. The van der Waals surface area contributed by atoms with Crippen molar-refractivity contribution >= 4 is 11.8 Å². The van der Waals surface area contributed by atoms with Crippen molar-refractivity contribution in [2.45, 2.75) is 32.2 Å². The number of hydrogen-bond acceptors (Lipinski definition) is 4. The number of nitrogens with zero attached hydrogens (tertiary/aromatic N) is 3. The SMILES string of the molecule is Cc1c(NC(=O)NC2CCCc3occc32)nnn1C. The number of amides is 2. The van der Waals surface area contributed by atoms with E-state index in [4.69, 9.17) is 4.42 Å². The minimum atomic E-state index is -0.271. The fraction of sp³-hybridized carbons (Fsp3) is 0.462. The Morgan fingerprint density at radius 2 is 2.40 bits per heavy atom. The van der Waals surface area contributed by atoms with Gasteiger partial charge >= 0.3 is 6.03 Å². The molecule has 20 heavy (non-hydrogen) atoms. The second-order valence-electron chi connectivity index (χ2n) is 4.99. The van der Waals surface area contributed by atoms with E-state index in [1.807, 2.05) is 13.0 Å². The third-order valence-corrected chi connectivity index (χ3v) is 3.70. The van der Waals surface area contributed by atoms with Crippen LogP contribution in [0.5, 0.6) is 0 Å². The molecule has 7 heteroatoms. The molecule has 1 aliphatic rings. The van der Waals surface area contributed by atoms with E-state index in [0.717, 1.165) is 36.3 Å². The largest absolute Gasteiger partial charge is 0.469 e. The number of aryl methyl sites for hydroxylation is 2. The van der Waals surface area contributed by atoms with E-state index in [2.05, 4.69) is 20.9 Å². The molecule has 0 aromatic carbocycles. The quantitative estimate of drug-likeness (QED) is 0.876. The van der Waals surface area contributed by atoms with E-state index in [9.17, 15) is 4.79 Å². The number of furan rings is 1. The summed E-state index contributed by atoms with van der Waals surface area (Å²) in [5.74, 6) is 1.45. The Morgan fingerprint density at radius 3 is 3.15 bits per heavy atom. The molecule has 2 heterocycles. The van der Waals surface area contributed by atoms with Gasteiger partial charge in [0.05, 0.1) is 18.0 Å². The molecule has 1 atom stereocenters. The maximum atomic E-state index is 12.0. The van der Waals surface area contributed by atoms with Crippen LogP contribution in [0.4, 0.5) is 10.6 Å². The van der Waals surface area contributed by atoms with Crippen molar-refractivity contribution < 1.29 is 9.21 Å². The number of nitrogens with one attached hydrogen (secondary N) is 2. The van der Waals surface area contributed by atoms with E-state index in [-0.39, 0.29) is 12.1 Å². The molecule has 1 aliphatic carbocycles. The Labute approximate surface area is 116 Å². The molecule has 2 aromatic rings. The predicted octanol–water partition coefficient (Wildman–Crippen LogP) is 1.92. The molecular weight excluding hydrogens is 258 g/mol. The van der Waals surface area contributed by atoms with Crippen LogP contribution < -0.4 is 10.6 Å². The highest BCUT2D eigenvalue weighted by Crippen LogP contribution is 2.30. The molecule has 0 aliphatic heterocycles. The topological polar surface area (TPSA) is 85.0 Å². The summed E-state index contributed by atoms with van der Waals surface area (Å²) in [4.78, 5) is 12.0. The lowest BCUT2D eigenvalue weighted by Crippen LogP contribution is -2.34. The molecular formula is C13H17N5O2. The highest BCUT2D eigenvalue weighted by Gasteiger charge is 2.24. The van der Waals surface area contributed by atoms with Crippen LogP contribution in [0.15, 0.2) is 16.7 Å². The Bertz CT molecular complexity index is 630. The Balaban J connectivity index is 1.67. The third kappa shape index (κ3) is 2.26.